The number of hydrogen-bond acceptors (Lipinski definition) is 3. The highest BCUT2D eigenvalue weighted by Gasteiger charge is 2.36. The SMILES string of the molecule is Cc1c(CNC(=O)N[C@H]2CCO[C@H](C3CC3)C2)oc2ccc(F)cc12. The molecular formula is C19H23FN2O3. The average molecular weight is 346 g/mol. The lowest BCUT2D eigenvalue weighted by molar-refractivity contribution is -0.00915. The maximum absolute atomic E-state index is 13.4. The number of rotatable bonds is 4. The summed E-state index contributed by atoms with van der Waals surface area (Å²) in [5, 5.41) is 6.62. The third kappa shape index (κ3) is 3.63. The van der Waals surface area contributed by atoms with Crippen molar-refractivity contribution in [3.8, 4) is 0 Å². The summed E-state index contributed by atoms with van der Waals surface area (Å²) in [4.78, 5) is 12.2. The van der Waals surface area contributed by atoms with Crippen LogP contribution in [-0.2, 0) is 11.3 Å². The van der Waals surface area contributed by atoms with Gasteiger partial charge in [0.2, 0.25) is 0 Å². The molecule has 5 nitrogen and oxygen atoms in total. The van der Waals surface area contributed by atoms with Gasteiger partial charge in [0, 0.05) is 23.6 Å². The largest absolute Gasteiger partial charge is 0.459 e. The number of fused-ring (bicyclic) bond motifs is 1. The highest BCUT2D eigenvalue weighted by atomic mass is 19.1. The minimum Gasteiger partial charge on any atom is -0.459 e. The fraction of sp³-hybridized carbons (Fsp3) is 0.526. The molecule has 1 aromatic carbocycles. The van der Waals surface area contributed by atoms with Crippen molar-refractivity contribution in [3.63, 3.8) is 0 Å². The van der Waals surface area contributed by atoms with Crippen LogP contribution in [0.4, 0.5) is 9.18 Å². The zero-order valence-electron chi connectivity index (χ0n) is 14.3. The maximum atomic E-state index is 13.4. The van der Waals surface area contributed by atoms with E-state index in [9.17, 15) is 9.18 Å². The molecule has 2 aliphatic rings. The van der Waals surface area contributed by atoms with E-state index in [-0.39, 0.29) is 24.4 Å². The van der Waals surface area contributed by atoms with E-state index in [1.807, 2.05) is 6.92 Å². The zero-order chi connectivity index (χ0) is 17.4. The molecule has 2 N–H and O–H groups in total. The summed E-state index contributed by atoms with van der Waals surface area (Å²) >= 11 is 0. The summed E-state index contributed by atoms with van der Waals surface area (Å²) in [7, 11) is 0. The number of halogens is 1. The summed E-state index contributed by atoms with van der Waals surface area (Å²) in [5.41, 5.74) is 1.49. The lowest BCUT2D eigenvalue weighted by Gasteiger charge is -2.30. The van der Waals surface area contributed by atoms with Gasteiger partial charge in [-0.1, -0.05) is 0 Å². The van der Waals surface area contributed by atoms with Crippen LogP contribution in [0.2, 0.25) is 0 Å². The van der Waals surface area contributed by atoms with E-state index in [2.05, 4.69) is 10.6 Å². The first-order valence-electron chi connectivity index (χ1n) is 8.93. The van der Waals surface area contributed by atoms with Crippen molar-refractivity contribution in [1.82, 2.24) is 10.6 Å². The molecule has 25 heavy (non-hydrogen) atoms. The van der Waals surface area contributed by atoms with Crippen molar-refractivity contribution in [2.24, 2.45) is 5.92 Å². The van der Waals surface area contributed by atoms with E-state index < -0.39 is 0 Å². The van der Waals surface area contributed by atoms with Crippen molar-refractivity contribution in [3.05, 3.63) is 35.3 Å². The fourth-order valence-electron chi connectivity index (χ4n) is 3.57. The second kappa shape index (κ2) is 6.67. The molecule has 2 heterocycles. The number of carbonyl (C=O) groups excluding carboxylic acids is 1. The predicted octanol–water partition coefficient (Wildman–Crippen LogP) is 3.64. The smallest absolute Gasteiger partial charge is 0.315 e. The number of amides is 2. The predicted molar refractivity (Wildman–Crippen MR) is 91.8 cm³/mol. The van der Waals surface area contributed by atoms with Crippen molar-refractivity contribution in [2.75, 3.05) is 6.61 Å². The van der Waals surface area contributed by atoms with Crippen molar-refractivity contribution >= 4 is 17.0 Å². The average Bonchev–Trinajstić information content (AvgIpc) is 3.40. The Morgan fingerprint density at radius 3 is 2.96 bits per heavy atom. The van der Waals surface area contributed by atoms with Gasteiger partial charge in [0.05, 0.1) is 12.6 Å². The second-order valence-corrected chi connectivity index (χ2v) is 7.09. The molecule has 2 aromatic rings. The summed E-state index contributed by atoms with van der Waals surface area (Å²) in [5.74, 6) is 1.04. The third-order valence-electron chi connectivity index (χ3n) is 5.20. The van der Waals surface area contributed by atoms with Gasteiger partial charge in [-0.15, -0.1) is 0 Å². The molecular weight excluding hydrogens is 323 g/mol. The molecule has 2 amide bonds. The first-order chi connectivity index (χ1) is 12.1. The molecule has 0 radical (unpaired) electrons. The van der Waals surface area contributed by atoms with Crippen molar-refractivity contribution in [1.29, 1.82) is 0 Å². The molecule has 134 valence electrons. The number of carbonyl (C=O) groups is 1. The molecule has 1 aliphatic heterocycles. The lowest BCUT2D eigenvalue weighted by atomic mass is 10.0. The highest BCUT2D eigenvalue weighted by Crippen LogP contribution is 2.38. The summed E-state index contributed by atoms with van der Waals surface area (Å²) in [6.45, 7) is 2.86. The maximum Gasteiger partial charge on any atom is 0.315 e. The first-order valence-corrected chi connectivity index (χ1v) is 8.93. The number of hydrogen-bond donors (Lipinski definition) is 2. The number of aryl methyl sites for hydroxylation is 1. The van der Waals surface area contributed by atoms with Gasteiger partial charge in [0.1, 0.15) is 17.2 Å². The Morgan fingerprint density at radius 1 is 1.32 bits per heavy atom. The molecule has 1 saturated carbocycles. The molecule has 0 spiro atoms. The molecule has 6 heteroatoms. The summed E-state index contributed by atoms with van der Waals surface area (Å²) in [6.07, 6.45) is 4.53. The second-order valence-electron chi connectivity index (χ2n) is 7.09. The van der Waals surface area contributed by atoms with E-state index in [1.54, 1.807) is 6.07 Å². The Kier molecular flexibility index (Phi) is 4.37. The van der Waals surface area contributed by atoms with E-state index in [0.29, 0.717) is 30.0 Å². The highest BCUT2D eigenvalue weighted by molar-refractivity contribution is 5.82. The Morgan fingerprint density at radius 2 is 2.16 bits per heavy atom. The van der Waals surface area contributed by atoms with Crippen molar-refractivity contribution in [2.45, 2.75) is 51.3 Å². The Bertz CT molecular complexity index is 784. The molecule has 2 atom stereocenters. The summed E-state index contributed by atoms with van der Waals surface area (Å²) < 4.78 is 24.9. The fourth-order valence-corrected chi connectivity index (χ4v) is 3.57. The standard InChI is InChI=1S/C19H23FN2O3/c1-11-15-8-13(20)4-5-16(15)25-18(11)10-21-19(23)22-14-6-7-24-17(9-14)12-2-3-12/h4-5,8,12,14,17H,2-3,6-7,9-10H2,1H3,(H2,21,22,23)/t14-,17-/m0/s1. The molecule has 1 saturated heterocycles. The normalized spacial score (nSPS) is 23.6. The van der Waals surface area contributed by atoms with E-state index in [0.717, 1.165) is 23.8 Å². The minimum absolute atomic E-state index is 0.158. The zero-order valence-corrected chi connectivity index (χ0v) is 14.3. The van der Waals surface area contributed by atoms with Crippen LogP contribution in [0.5, 0.6) is 0 Å². The van der Waals surface area contributed by atoms with Gasteiger partial charge < -0.3 is 19.8 Å². The molecule has 1 aliphatic carbocycles. The number of benzene rings is 1. The topological polar surface area (TPSA) is 63.5 Å². The van der Waals surface area contributed by atoms with Crippen LogP contribution in [0, 0.1) is 18.7 Å². The van der Waals surface area contributed by atoms with Gasteiger partial charge in [-0.2, -0.15) is 0 Å². The first kappa shape index (κ1) is 16.4. The number of urea groups is 1. The van der Waals surface area contributed by atoms with Crippen LogP contribution in [0.15, 0.2) is 22.6 Å². The van der Waals surface area contributed by atoms with Crippen LogP contribution < -0.4 is 10.6 Å². The quantitative estimate of drug-likeness (QED) is 0.888. The Labute approximate surface area is 145 Å². The van der Waals surface area contributed by atoms with Gasteiger partial charge in [0.15, 0.2) is 0 Å². The number of ether oxygens (including phenoxy) is 1. The van der Waals surface area contributed by atoms with Crippen LogP contribution in [0.3, 0.4) is 0 Å². The van der Waals surface area contributed by atoms with E-state index >= 15 is 0 Å². The van der Waals surface area contributed by atoms with Crippen LogP contribution in [0.25, 0.3) is 11.0 Å². The molecule has 0 unspecified atom stereocenters. The molecule has 1 aromatic heterocycles. The number of nitrogens with one attached hydrogen (secondary N) is 2. The van der Waals surface area contributed by atoms with Crippen LogP contribution in [-0.4, -0.2) is 24.8 Å². The summed E-state index contributed by atoms with van der Waals surface area (Å²) in [6, 6.07) is 4.40. The Hall–Kier alpha value is -2.08. The van der Waals surface area contributed by atoms with E-state index in [4.69, 9.17) is 9.15 Å². The van der Waals surface area contributed by atoms with Gasteiger partial charge in [0.25, 0.3) is 0 Å². The van der Waals surface area contributed by atoms with Crippen LogP contribution in [0.1, 0.15) is 37.0 Å². The number of furan rings is 1. The third-order valence-corrected chi connectivity index (χ3v) is 5.20. The minimum atomic E-state index is -0.293. The van der Waals surface area contributed by atoms with E-state index in [1.165, 1.54) is 25.0 Å². The van der Waals surface area contributed by atoms with Gasteiger partial charge in [-0.05, 0) is 56.7 Å². The van der Waals surface area contributed by atoms with Crippen molar-refractivity contribution < 1.29 is 18.3 Å². The van der Waals surface area contributed by atoms with Crippen LogP contribution >= 0.6 is 0 Å². The van der Waals surface area contributed by atoms with Gasteiger partial charge in [-0.25, -0.2) is 9.18 Å². The lowest BCUT2D eigenvalue weighted by Crippen LogP contribution is -2.46. The monoisotopic (exact) mass is 346 g/mol. The molecule has 2 fully saturated rings. The Balaban J connectivity index is 1.33. The molecule has 4 rings (SSSR count). The molecule has 0 bridgehead atoms. The van der Waals surface area contributed by atoms with Gasteiger partial charge in [-0.3, -0.25) is 0 Å². The van der Waals surface area contributed by atoms with Gasteiger partial charge >= 0.3 is 6.03 Å².